The number of ketones is 1. The summed E-state index contributed by atoms with van der Waals surface area (Å²) in [5, 5.41) is 8.59. The van der Waals surface area contributed by atoms with Crippen LogP contribution < -0.4 is 0 Å². The van der Waals surface area contributed by atoms with E-state index in [1.54, 1.807) is 12.1 Å². The first kappa shape index (κ1) is 7.02. The van der Waals surface area contributed by atoms with Crippen molar-refractivity contribution in [1.82, 2.24) is 4.98 Å². The Balaban J connectivity index is 2.88. The molecule has 0 aromatic carbocycles. The molecule has 3 nitrogen and oxygen atoms in total. The molecule has 3 heteroatoms. The average Bonchev–Trinajstić information content (AvgIpc) is 2.34. The molecule has 0 amide bonds. The molecule has 1 rings (SSSR count). The van der Waals surface area contributed by atoms with Crippen molar-refractivity contribution in [2.45, 2.75) is 13.5 Å². The van der Waals surface area contributed by atoms with Gasteiger partial charge in [-0.15, -0.1) is 0 Å². The van der Waals surface area contributed by atoms with Crippen molar-refractivity contribution in [2.24, 2.45) is 0 Å². The molecule has 54 valence electrons. The van der Waals surface area contributed by atoms with E-state index in [9.17, 15) is 4.79 Å². The van der Waals surface area contributed by atoms with Crippen LogP contribution in [0.25, 0.3) is 0 Å². The number of rotatable bonds is 2. The minimum atomic E-state index is -0.0483. The number of H-pyrrole nitrogens is 1. The van der Waals surface area contributed by atoms with Crippen LogP contribution in [0.4, 0.5) is 0 Å². The van der Waals surface area contributed by atoms with Crippen molar-refractivity contribution >= 4 is 5.78 Å². The molecular formula is C7H9NO2. The van der Waals surface area contributed by atoms with E-state index in [1.807, 2.05) is 0 Å². The maximum absolute atomic E-state index is 10.7. The summed E-state index contributed by atoms with van der Waals surface area (Å²) in [7, 11) is 0. The topological polar surface area (TPSA) is 53.1 Å². The van der Waals surface area contributed by atoms with Crippen LogP contribution in [0.15, 0.2) is 12.1 Å². The first-order valence-corrected chi connectivity index (χ1v) is 3.03. The molecule has 2 N–H and O–H groups in total. The molecule has 0 saturated heterocycles. The van der Waals surface area contributed by atoms with Crippen molar-refractivity contribution in [2.75, 3.05) is 0 Å². The van der Waals surface area contributed by atoms with Crippen LogP contribution >= 0.6 is 0 Å². The number of aromatic amines is 1. The average molecular weight is 139 g/mol. The third-order valence-electron chi connectivity index (χ3n) is 1.30. The first-order chi connectivity index (χ1) is 4.74. The summed E-state index contributed by atoms with van der Waals surface area (Å²) in [4.78, 5) is 13.4. The van der Waals surface area contributed by atoms with Crippen molar-refractivity contribution in [1.29, 1.82) is 0 Å². The van der Waals surface area contributed by atoms with Crippen LogP contribution in [0.3, 0.4) is 0 Å². The van der Waals surface area contributed by atoms with Gasteiger partial charge >= 0.3 is 0 Å². The summed E-state index contributed by atoms with van der Waals surface area (Å²) in [6.45, 7) is 1.43. The predicted octanol–water partition coefficient (Wildman–Crippen LogP) is 0.710. The van der Waals surface area contributed by atoms with Gasteiger partial charge in [0.15, 0.2) is 5.78 Å². The van der Waals surface area contributed by atoms with E-state index >= 15 is 0 Å². The fraction of sp³-hybridized carbons (Fsp3) is 0.286. The molecule has 0 saturated carbocycles. The number of Topliss-reactive ketones (excluding diaryl/α,β-unsaturated/α-hetero) is 1. The Labute approximate surface area is 58.7 Å². The van der Waals surface area contributed by atoms with Gasteiger partial charge < -0.3 is 10.1 Å². The summed E-state index contributed by atoms with van der Waals surface area (Å²) < 4.78 is 0. The quantitative estimate of drug-likeness (QED) is 0.593. The standard InChI is InChI=1S/C7H9NO2/c1-5(10)7-3-2-6(4-9)8-7/h2-3,8-9H,4H2,1H3. The Morgan fingerprint density at radius 2 is 2.40 bits per heavy atom. The number of aliphatic hydroxyl groups excluding tert-OH is 1. The Morgan fingerprint density at radius 1 is 1.70 bits per heavy atom. The smallest absolute Gasteiger partial charge is 0.175 e. The minimum absolute atomic E-state index is 0.0142. The van der Waals surface area contributed by atoms with Crippen LogP contribution in [-0.4, -0.2) is 15.9 Å². The van der Waals surface area contributed by atoms with Gasteiger partial charge in [0.05, 0.1) is 12.3 Å². The number of nitrogens with one attached hydrogen (secondary N) is 1. The second kappa shape index (κ2) is 2.66. The summed E-state index contributed by atoms with van der Waals surface area (Å²) in [5.41, 5.74) is 1.22. The van der Waals surface area contributed by atoms with Crippen LogP contribution in [-0.2, 0) is 6.61 Å². The van der Waals surface area contributed by atoms with E-state index in [2.05, 4.69) is 4.98 Å². The van der Waals surface area contributed by atoms with Gasteiger partial charge in [0.25, 0.3) is 0 Å². The lowest BCUT2D eigenvalue weighted by atomic mass is 10.3. The number of aromatic nitrogens is 1. The summed E-state index contributed by atoms with van der Waals surface area (Å²) in [6, 6.07) is 3.35. The van der Waals surface area contributed by atoms with Gasteiger partial charge in [-0.25, -0.2) is 0 Å². The van der Waals surface area contributed by atoms with Gasteiger partial charge in [0.2, 0.25) is 0 Å². The van der Waals surface area contributed by atoms with E-state index in [1.165, 1.54) is 6.92 Å². The third-order valence-corrected chi connectivity index (χ3v) is 1.30. The summed E-state index contributed by atoms with van der Waals surface area (Å²) in [5.74, 6) is -0.0142. The van der Waals surface area contributed by atoms with E-state index in [0.29, 0.717) is 11.4 Å². The molecular weight excluding hydrogens is 130 g/mol. The molecule has 1 heterocycles. The normalized spacial score (nSPS) is 9.80. The zero-order valence-corrected chi connectivity index (χ0v) is 5.72. The van der Waals surface area contributed by atoms with Crippen molar-refractivity contribution in [3.63, 3.8) is 0 Å². The lowest BCUT2D eigenvalue weighted by Gasteiger charge is -1.87. The number of hydrogen-bond donors (Lipinski definition) is 2. The van der Waals surface area contributed by atoms with E-state index in [4.69, 9.17) is 5.11 Å². The number of carbonyl (C=O) groups excluding carboxylic acids is 1. The van der Waals surface area contributed by atoms with Crippen molar-refractivity contribution in [3.8, 4) is 0 Å². The molecule has 0 unspecified atom stereocenters. The molecule has 0 spiro atoms. The lowest BCUT2D eigenvalue weighted by molar-refractivity contribution is 0.101. The molecule has 0 radical (unpaired) electrons. The fourth-order valence-corrected chi connectivity index (χ4v) is 0.738. The van der Waals surface area contributed by atoms with Gasteiger partial charge in [-0.3, -0.25) is 4.79 Å². The zero-order chi connectivity index (χ0) is 7.56. The highest BCUT2D eigenvalue weighted by Crippen LogP contribution is 2.01. The number of hydrogen-bond acceptors (Lipinski definition) is 2. The Morgan fingerprint density at radius 3 is 2.70 bits per heavy atom. The maximum Gasteiger partial charge on any atom is 0.175 e. The summed E-state index contributed by atoms with van der Waals surface area (Å²) >= 11 is 0. The molecule has 0 aliphatic carbocycles. The highest BCUT2D eigenvalue weighted by molar-refractivity contribution is 5.92. The third kappa shape index (κ3) is 1.25. The molecule has 0 fully saturated rings. The Bertz CT molecular complexity index is 240. The molecule has 0 bridgehead atoms. The largest absolute Gasteiger partial charge is 0.390 e. The van der Waals surface area contributed by atoms with Gasteiger partial charge in [-0.2, -0.15) is 0 Å². The van der Waals surface area contributed by atoms with E-state index in [-0.39, 0.29) is 12.4 Å². The van der Waals surface area contributed by atoms with Crippen LogP contribution in [0.5, 0.6) is 0 Å². The monoisotopic (exact) mass is 139 g/mol. The first-order valence-electron chi connectivity index (χ1n) is 3.03. The second-order valence-corrected chi connectivity index (χ2v) is 2.11. The molecule has 10 heavy (non-hydrogen) atoms. The van der Waals surface area contributed by atoms with Gasteiger partial charge in [0, 0.05) is 12.6 Å². The Hall–Kier alpha value is -1.09. The molecule has 1 aromatic rings. The molecule has 1 aromatic heterocycles. The van der Waals surface area contributed by atoms with Crippen LogP contribution in [0.2, 0.25) is 0 Å². The molecule has 0 atom stereocenters. The highest BCUT2D eigenvalue weighted by Gasteiger charge is 2.00. The lowest BCUT2D eigenvalue weighted by Crippen LogP contribution is -1.92. The van der Waals surface area contributed by atoms with Gasteiger partial charge in [-0.1, -0.05) is 0 Å². The molecule has 0 aliphatic heterocycles. The van der Waals surface area contributed by atoms with Crippen molar-refractivity contribution < 1.29 is 9.90 Å². The molecule has 0 aliphatic rings. The fourth-order valence-electron chi connectivity index (χ4n) is 0.738. The minimum Gasteiger partial charge on any atom is -0.390 e. The number of carbonyl (C=O) groups is 1. The van der Waals surface area contributed by atoms with E-state index in [0.717, 1.165) is 0 Å². The SMILES string of the molecule is CC(=O)c1ccc(CO)[nH]1. The van der Waals surface area contributed by atoms with Crippen molar-refractivity contribution in [3.05, 3.63) is 23.5 Å². The highest BCUT2D eigenvalue weighted by atomic mass is 16.3. The van der Waals surface area contributed by atoms with Gasteiger partial charge in [-0.05, 0) is 12.1 Å². The second-order valence-electron chi connectivity index (χ2n) is 2.11. The van der Waals surface area contributed by atoms with Crippen LogP contribution in [0, 0.1) is 0 Å². The number of aliphatic hydroxyl groups is 1. The predicted molar refractivity (Wildman–Crippen MR) is 36.7 cm³/mol. The Kier molecular flexibility index (Phi) is 1.87. The zero-order valence-electron chi connectivity index (χ0n) is 5.72. The summed E-state index contributed by atoms with van der Waals surface area (Å²) in [6.07, 6.45) is 0. The maximum atomic E-state index is 10.7. The van der Waals surface area contributed by atoms with Crippen LogP contribution in [0.1, 0.15) is 23.1 Å². The van der Waals surface area contributed by atoms with Gasteiger partial charge in [0.1, 0.15) is 0 Å². The van der Waals surface area contributed by atoms with E-state index < -0.39 is 0 Å².